The van der Waals surface area contributed by atoms with Crippen molar-refractivity contribution in [3.05, 3.63) is 104 Å². The lowest BCUT2D eigenvalue weighted by Gasteiger charge is -2.14. The van der Waals surface area contributed by atoms with E-state index in [9.17, 15) is 14.4 Å². The van der Waals surface area contributed by atoms with Gasteiger partial charge in [-0.2, -0.15) is 0 Å². The van der Waals surface area contributed by atoms with Crippen molar-refractivity contribution in [2.75, 3.05) is 14.2 Å². The number of amides is 2. The highest BCUT2D eigenvalue weighted by Crippen LogP contribution is 2.38. The van der Waals surface area contributed by atoms with Gasteiger partial charge >= 0.3 is 5.97 Å². The summed E-state index contributed by atoms with van der Waals surface area (Å²) < 4.78 is 16.9. The molecule has 39 heavy (non-hydrogen) atoms. The van der Waals surface area contributed by atoms with Gasteiger partial charge in [-0.25, -0.2) is 4.79 Å². The summed E-state index contributed by atoms with van der Waals surface area (Å²) in [5, 5.41) is 1.72. The zero-order valence-electron chi connectivity index (χ0n) is 21.0. The Morgan fingerprint density at radius 1 is 0.949 bits per heavy atom. The molecule has 9 heteroatoms. The molecule has 2 amide bonds. The Hall–Kier alpha value is -3.83. The lowest BCUT2D eigenvalue weighted by atomic mass is 10.0. The first-order valence-electron chi connectivity index (χ1n) is 11.8. The second-order valence-electron chi connectivity index (χ2n) is 8.56. The number of benzene rings is 4. The predicted octanol–water partition coefficient (Wildman–Crippen LogP) is 6.92. The van der Waals surface area contributed by atoms with Gasteiger partial charge in [-0.15, -0.1) is 0 Å². The molecule has 4 aromatic rings. The van der Waals surface area contributed by atoms with Crippen LogP contribution in [0.25, 0.3) is 16.8 Å². The van der Waals surface area contributed by atoms with E-state index in [4.69, 9.17) is 14.2 Å². The third-order valence-corrected chi connectivity index (χ3v) is 7.86. The van der Waals surface area contributed by atoms with Gasteiger partial charge in [0.1, 0.15) is 5.75 Å². The average Bonchev–Trinajstić information content (AvgIpc) is 3.21. The van der Waals surface area contributed by atoms with Crippen molar-refractivity contribution < 1.29 is 28.6 Å². The number of carbonyl (C=O) groups excluding carboxylic acids is 3. The number of imide groups is 1. The van der Waals surface area contributed by atoms with Crippen molar-refractivity contribution in [3.63, 3.8) is 0 Å². The van der Waals surface area contributed by atoms with Gasteiger partial charge in [-0.1, -0.05) is 42.5 Å². The molecular formula is C30H22INO6S. The van der Waals surface area contributed by atoms with Gasteiger partial charge < -0.3 is 14.2 Å². The third-order valence-electron chi connectivity index (χ3n) is 6.15. The van der Waals surface area contributed by atoms with Gasteiger partial charge in [0, 0.05) is 0 Å². The lowest BCUT2D eigenvalue weighted by Crippen LogP contribution is -2.27. The summed E-state index contributed by atoms with van der Waals surface area (Å²) in [6, 6.07) is 23.7. The van der Waals surface area contributed by atoms with Crippen LogP contribution in [0.4, 0.5) is 4.79 Å². The number of esters is 1. The molecule has 5 rings (SSSR count). The van der Waals surface area contributed by atoms with Gasteiger partial charge in [-0.3, -0.25) is 14.5 Å². The Kier molecular flexibility index (Phi) is 7.89. The van der Waals surface area contributed by atoms with Gasteiger partial charge in [0.05, 0.1) is 34.8 Å². The molecule has 0 radical (unpaired) electrons. The van der Waals surface area contributed by atoms with Gasteiger partial charge in [0.15, 0.2) is 11.5 Å². The highest BCUT2D eigenvalue weighted by Gasteiger charge is 2.35. The van der Waals surface area contributed by atoms with Crippen molar-refractivity contribution in [2.45, 2.75) is 6.54 Å². The lowest BCUT2D eigenvalue weighted by molar-refractivity contribution is -0.123. The van der Waals surface area contributed by atoms with Crippen LogP contribution in [0.3, 0.4) is 0 Å². The smallest absolute Gasteiger partial charge is 0.343 e. The van der Waals surface area contributed by atoms with Gasteiger partial charge in [-0.05, 0) is 98.7 Å². The monoisotopic (exact) mass is 651 g/mol. The van der Waals surface area contributed by atoms with E-state index in [2.05, 4.69) is 0 Å². The number of nitrogens with zero attached hydrogens (tertiary/aromatic N) is 1. The number of carbonyl (C=O) groups is 3. The average molecular weight is 651 g/mol. The molecule has 7 nitrogen and oxygen atoms in total. The van der Waals surface area contributed by atoms with Crippen molar-refractivity contribution in [1.82, 2.24) is 4.90 Å². The quantitative estimate of drug-likeness (QED) is 0.0930. The Labute approximate surface area is 242 Å². The largest absolute Gasteiger partial charge is 0.497 e. The summed E-state index contributed by atoms with van der Waals surface area (Å²) in [6.07, 6.45) is 1.65. The van der Waals surface area contributed by atoms with Crippen LogP contribution < -0.4 is 14.2 Å². The van der Waals surface area contributed by atoms with Crippen LogP contribution in [0.2, 0.25) is 0 Å². The molecule has 0 atom stereocenters. The fraction of sp³-hybridized carbons (Fsp3) is 0.100. The Balaban J connectivity index is 1.37. The molecule has 0 spiro atoms. The molecule has 0 N–H and O–H groups in total. The summed E-state index contributed by atoms with van der Waals surface area (Å²) in [5.74, 6) is 0.313. The molecule has 0 bridgehead atoms. The molecule has 0 aromatic heterocycles. The van der Waals surface area contributed by atoms with Crippen LogP contribution in [0.15, 0.2) is 83.8 Å². The first kappa shape index (κ1) is 26.8. The molecule has 1 saturated heterocycles. The Morgan fingerprint density at radius 3 is 2.44 bits per heavy atom. The van der Waals surface area contributed by atoms with E-state index in [1.54, 1.807) is 49.6 Å². The number of halogens is 1. The van der Waals surface area contributed by atoms with Crippen LogP contribution >= 0.6 is 34.4 Å². The van der Waals surface area contributed by atoms with E-state index in [1.165, 1.54) is 12.0 Å². The minimum atomic E-state index is -0.545. The van der Waals surface area contributed by atoms with E-state index in [0.29, 0.717) is 31.1 Å². The molecule has 1 aliphatic heterocycles. The maximum absolute atomic E-state index is 13.2. The first-order valence-corrected chi connectivity index (χ1v) is 13.7. The molecule has 0 saturated carbocycles. The number of ether oxygens (including phenoxy) is 3. The van der Waals surface area contributed by atoms with E-state index < -0.39 is 5.97 Å². The van der Waals surface area contributed by atoms with Crippen LogP contribution in [0, 0.1) is 3.57 Å². The second-order valence-corrected chi connectivity index (χ2v) is 10.7. The minimum absolute atomic E-state index is 0.185. The number of thioether (sulfide) groups is 1. The predicted molar refractivity (Wildman–Crippen MR) is 159 cm³/mol. The number of rotatable bonds is 7. The van der Waals surface area contributed by atoms with Crippen LogP contribution in [0.1, 0.15) is 21.5 Å². The van der Waals surface area contributed by atoms with Crippen molar-refractivity contribution in [3.8, 4) is 17.2 Å². The standard InChI is InChI=1S/C30H22INO6S/c1-36-22-12-10-20(11-13-22)29(34)38-27-24(31)14-18(15-25(27)37-2)16-26-28(33)32(30(35)39-26)17-21-8-5-7-19-6-3-4-9-23(19)21/h3-16H,17H2,1-2H3/b26-16-. The highest BCUT2D eigenvalue weighted by atomic mass is 127. The normalized spacial score (nSPS) is 14.2. The van der Waals surface area contributed by atoms with Crippen LogP contribution in [-0.4, -0.2) is 36.2 Å². The topological polar surface area (TPSA) is 82.1 Å². The summed E-state index contributed by atoms with van der Waals surface area (Å²) >= 11 is 2.94. The summed E-state index contributed by atoms with van der Waals surface area (Å²) in [4.78, 5) is 40.3. The maximum Gasteiger partial charge on any atom is 0.343 e. The Morgan fingerprint density at radius 2 is 1.69 bits per heavy atom. The number of methoxy groups -OCH3 is 2. The zero-order chi connectivity index (χ0) is 27.5. The van der Waals surface area contributed by atoms with Crippen LogP contribution in [0.5, 0.6) is 17.2 Å². The summed E-state index contributed by atoms with van der Waals surface area (Å²) in [5.41, 5.74) is 1.89. The fourth-order valence-electron chi connectivity index (χ4n) is 4.19. The number of hydrogen-bond donors (Lipinski definition) is 0. The van der Waals surface area contributed by atoms with E-state index in [0.717, 1.165) is 28.1 Å². The SMILES string of the molecule is COc1ccc(C(=O)Oc2c(I)cc(/C=C3\SC(=O)N(Cc4cccc5ccccc45)C3=O)cc2OC)cc1. The number of fused-ring (bicyclic) bond motifs is 1. The fourth-order valence-corrected chi connectivity index (χ4v) is 5.76. The van der Waals surface area contributed by atoms with E-state index in [-0.39, 0.29) is 23.4 Å². The zero-order valence-corrected chi connectivity index (χ0v) is 23.9. The van der Waals surface area contributed by atoms with E-state index >= 15 is 0 Å². The maximum atomic E-state index is 13.2. The molecule has 196 valence electrons. The summed E-state index contributed by atoms with van der Waals surface area (Å²) in [6.45, 7) is 0.185. The molecule has 4 aromatic carbocycles. The van der Waals surface area contributed by atoms with E-state index in [1.807, 2.05) is 65.1 Å². The van der Waals surface area contributed by atoms with Gasteiger partial charge in [0.2, 0.25) is 0 Å². The first-order chi connectivity index (χ1) is 18.9. The van der Waals surface area contributed by atoms with Crippen LogP contribution in [-0.2, 0) is 11.3 Å². The van der Waals surface area contributed by atoms with Crippen molar-refractivity contribution in [1.29, 1.82) is 0 Å². The highest BCUT2D eigenvalue weighted by molar-refractivity contribution is 14.1. The number of hydrogen-bond acceptors (Lipinski definition) is 7. The minimum Gasteiger partial charge on any atom is -0.497 e. The van der Waals surface area contributed by atoms with Crippen molar-refractivity contribution in [2.24, 2.45) is 0 Å². The summed E-state index contributed by atoms with van der Waals surface area (Å²) in [7, 11) is 3.02. The molecule has 1 fully saturated rings. The van der Waals surface area contributed by atoms with Crippen molar-refractivity contribution >= 4 is 68.3 Å². The molecular weight excluding hydrogens is 629 g/mol. The molecule has 1 aliphatic rings. The molecule has 1 heterocycles. The second kappa shape index (κ2) is 11.5. The molecule has 0 aliphatic carbocycles. The molecule has 0 unspecified atom stereocenters. The third kappa shape index (κ3) is 5.64. The Bertz CT molecular complexity index is 1630. The van der Waals surface area contributed by atoms with Gasteiger partial charge in [0.25, 0.3) is 11.1 Å².